The van der Waals surface area contributed by atoms with Crippen LogP contribution in [0.15, 0.2) is 18.2 Å². The van der Waals surface area contributed by atoms with E-state index in [0.29, 0.717) is 5.75 Å². The topological polar surface area (TPSA) is 87.7 Å². The summed E-state index contributed by atoms with van der Waals surface area (Å²) in [5.74, 6) is 1.40. The molecule has 1 aromatic rings. The zero-order chi connectivity index (χ0) is 15.2. The maximum absolute atomic E-state index is 12.0. The molecule has 1 aliphatic heterocycles. The third-order valence-corrected chi connectivity index (χ3v) is 4.42. The first kappa shape index (κ1) is 15.5. The summed E-state index contributed by atoms with van der Waals surface area (Å²) in [7, 11) is 1.48. The summed E-state index contributed by atoms with van der Waals surface area (Å²) in [5, 5.41) is 14.6. The van der Waals surface area contributed by atoms with E-state index in [4.69, 9.17) is 9.84 Å². The lowest BCUT2D eigenvalue weighted by Crippen LogP contribution is -2.41. The highest BCUT2D eigenvalue weighted by Crippen LogP contribution is 2.23. The monoisotopic (exact) mass is 310 g/mol. The Morgan fingerprint density at radius 1 is 1.43 bits per heavy atom. The van der Waals surface area contributed by atoms with Gasteiger partial charge in [-0.15, -0.1) is 0 Å². The number of hydrogen-bond donors (Lipinski definition) is 3. The molecule has 21 heavy (non-hydrogen) atoms. The number of aromatic carboxylic acids is 1. The van der Waals surface area contributed by atoms with Crippen molar-refractivity contribution in [3.63, 3.8) is 0 Å². The zero-order valence-electron chi connectivity index (χ0n) is 11.7. The van der Waals surface area contributed by atoms with Gasteiger partial charge < -0.3 is 20.5 Å². The molecule has 3 N–H and O–H groups in total. The Bertz CT molecular complexity index is 530. The largest absolute Gasteiger partial charge is 0.497 e. The lowest BCUT2D eigenvalue weighted by Gasteiger charge is -2.22. The number of thioether (sulfide) groups is 1. The van der Waals surface area contributed by atoms with E-state index in [2.05, 4.69) is 10.6 Å². The first-order valence-corrected chi connectivity index (χ1v) is 7.82. The van der Waals surface area contributed by atoms with Crippen LogP contribution >= 0.6 is 11.8 Å². The van der Waals surface area contributed by atoms with Crippen molar-refractivity contribution in [1.29, 1.82) is 0 Å². The number of carboxylic acids is 1. The number of ether oxygens (including phenoxy) is 1. The number of carbonyl (C=O) groups excluding carboxylic acids is 1. The van der Waals surface area contributed by atoms with Crippen LogP contribution < -0.4 is 15.4 Å². The zero-order valence-corrected chi connectivity index (χ0v) is 12.5. The molecular weight excluding hydrogens is 292 g/mol. The van der Waals surface area contributed by atoms with Crippen molar-refractivity contribution in [2.75, 3.05) is 23.9 Å². The minimum absolute atomic E-state index is 0.0315. The predicted octanol–water partition coefficient (Wildman–Crippen LogP) is 2.41. The Morgan fingerprint density at radius 2 is 2.24 bits per heavy atom. The average Bonchev–Trinajstić information content (AvgIpc) is 2.47. The smallest absolute Gasteiger partial charge is 0.337 e. The lowest BCUT2D eigenvalue weighted by atomic mass is 10.1. The van der Waals surface area contributed by atoms with Gasteiger partial charge in [0.15, 0.2) is 0 Å². The molecule has 0 spiro atoms. The molecule has 1 fully saturated rings. The number of methoxy groups -OCH3 is 1. The van der Waals surface area contributed by atoms with Crippen molar-refractivity contribution >= 4 is 29.4 Å². The van der Waals surface area contributed by atoms with Gasteiger partial charge in [0.2, 0.25) is 0 Å². The Balaban J connectivity index is 2.06. The summed E-state index contributed by atoms with van der Waals surface area (Å²) in [5.41, 5.74) is 0.256. The van der Waals surface area contributed by atoms with Crippen LogP contribution in [0, 0.1) is 0 Å². The predicted molar refractivity (Wildman–Crippen MR) is 82.5 cm³/mol. The number of urea groups is 1. The summed E-state index contributed by atoms with van der Waals surface area (Å²) in [6, 6.07) is 4.19. The lowest BCUT2D eigenvalue weighted by molar-refractivity contribution is 0.0698. The maximum atomic E-state index is 12.0. The molecule has 1 aliphatic rings. The molecule has 0 radical (unpaired) electrons. The Morgan fingerprint density at radius 3 is 2.86 bits per heavy atom. The quantitative estimate of drug-likeness (QED) is 0.795. The molecule has 1 saturated heterocycles. The van der Waals surface area contributed by atoms with Crippen molar-refractivity contribution in [3.05, 3.63) is 23.8 Å². The van der Waals surface area contributed by atoms with E-state index in [9.17, 15) is 9.59 Å². The fourth-order valence-corrected chi connectivity index (χ4v) is 3.21. The van der Waals surface area contributed by atoms with Gasteiger partial charge in [-0.25, -0.2) is 9.59 Å². The minimum Gasteiger partial charge on any atom is -0.497 e. The summed E-state index contributed by atoms with van der Waals surface area (Å²) in [4.78, 5) is 23.2. The first-order valence-electron chi connectivity index (χ1n) is 6.66. The molecule has 2 rings (SSSR count). The van der Waals surface area contributed by atoms with Gasteiger partial charge in [0.1, 0.15) is 5.75 Å². The fraction of sp³-hybridized carbons (Fsp3) is 0.429. The van der Waals surface area contributed by atoms with E-state index in [0.717, 1.165) is 24.3 Å². The molecule has 1 aromatic carbocycles. The first-order chi connectivity index (χ1) is 10.1. The Hall–Kier alpha value is -1.89. The van der Waals surface area contributed by atoms with Gasteiger partial charge in [-0.3, -0.25) is 0 Å². The number of nitrogens with one attached hydrogen (secondary N) is 2. The molecule has 0 bridgehead atoms. The third-order valence-electron chi connectivity index (χ3n) is 3.20. The standard InChI is InChI=1S/C14H18N2O4S/c1-20-10-4-5-11(13(17)18)12(7-10)16-14(19)15-9-3-2-6-21-8-9/h4-5,7,9H,2-3,6,8H2,1H3,(H,17,18)(H2,15,16,19). The van der Waals surface area contributed by atoms with E-state index >= 15 is 0 Å². The molecule has 6 nitrogen and oxygen atoms in total. The Labute approximate surface area is 127 Å². The van der Waals surface area contributed by atoms with E-state index in [1.165, 1.54) is 19.2 Å². The molecule has 1 unspecified atom stereocenters. The highest BCUT2D eigenvalue weighted by atomic mass is 32.2. The number of rotatable bonds is 4. The second-order valence-corrected chi connectivity index (χ2v) is 5.88. The Kier molecular flexibility index (Phi) is 5.32. The highest BCUT2D eigenvalue weighted by Gasteiger charge is 2.18. The number of anilines is 1. The van der Waals surface area contributed by atoms with E-state index < -0.39 is 12.0 Å². The number of amides is 2. The van der Waals surface area contributed by atoms with Gasteiger partial charge in [0.05, 0.1) is 18.4 Å². The summed E-state index contributed by atoms with van der Waals surface area (Å²) in [6.07, 6.45) is 2.03. The van der Waals surface area contributed by atoms with Gasteiger partial charge in [0.25, 0.3) is 0 Å². The van der Waals surface area contributed by atoms with Crippen LogP contribution in [0.4, 0.5) is 10.5 Å². The van der Waals surface area contributed by atoms with Crippen molar-refractivity contribution < 1.29 is 19.4 Å². The van der Waals surface area contributed by atoms with E-state index in [-0.39, 0.29) is 17.3 Å². The molecule has 0 saturated carbocycles. The number of carbonyl (C=O) groups is 2. The van der Waals surface area contributed by atoms with Crippen LogP contribution in [0.2, 0.25) is 0 Å². The molecule has 0 aromatic heterocycles. The van der Waals surface area contributed by atoms with Crippen LogP contribution in [0.25, 0.3) is 0 Å². The summed E-state index contributed by atoms with van der Waals surface area (Å²) in [6.45, 7) is 0. The van der Waals surface area contributed by atoms with Gasteiger partial charge >= 0.3 is 12.0 Å². The van der Waals surface area contributed by atoms with Crippen molar-refractivity contribution in [2.45, 2.75) is 18.9 Å². The third kappa shape index (κ3) is 4.29. The molecule has 7 heteroatoms. The summed E-state index contributed by atoms with van der Waals surface area (Å²) < 4.78 is 5.05. The average molecular weight is 310 g/mol. The van der Waals surface area contributed by atoms with Gasteiger partial charge in [-0.1, -0.05) is 0 Å². The van der Waals surface area contributed by atoms with Crippen LogP contribution in [-0.4, -0.2) is 41.8 Å². The van der Waals surface area contributed by atoms with Crippen molar-refractivity contribution in [1.82, 2.24) is 5.32 Å². The van der Waals surface area contributed by atoms with Gasteiger partial charge in [-0.2, -0.15) is 11.8 Å². The fourth-order valence-electron chi connectivity index (χ4n) is 2.14. The number of benzene rings is 1. The van der Waals surface area contributed by atoms with Gasteiger partial charge in [0, 0.05) is 17.9 Å². The van der Waals surface area contributed by atoms with Crippen molar-refractivity contribution in [3.8, 4) is 5.75 Å². The van der Waals surface area contributed by atoms with E-state index in [1.54, 1.807) is 6.07 Å². The molecule has 114 valence electrons. The van der Waals surface area contributed by atoms with Crippen LogP contribution in [0.5, 0.6) is 5.75 Å². The number of carboxylic acid groups (broad SMARTS) is 1. The highest BCUT2D eigenvalue weighted by molar-refractivity contribution is 7.99. The van der Waals surface area contributed by atoms with Crippen LogP contribution in [0.1, 0.15) is 23.2 Å². The van der Waals surface area contributed by atoms with Gasteiger partial charge in [-0.05, 0) is 30.7 Å². The number of hydrogen-bond acceptors (Lipinski definition) is 4. The normalized spacial score (nSPS) is 17.9. The minimum atomic E-state index is -1.10. The second kappa shape index (κ2) is 7.21. The second-order valence-electron chi connectivity index (χ2n) is 4.73. The van der Waals surface area contributed by atoms with Crippen LogP contribution in [-0.2, 0) is 0 Å². The molecule has 2 amide bonds. The molecule has 1 atom stereocenters. The molecule has 1 heterocycles. The SMILES string of the molecule is COc1ccc(C(=O)O)c(NC(=O)NC2CCCSC2)c1. The van der Waals surface area contributed by atoms with E-state index in [1.807, 2.05) is 11.8 Å². The van der Waals surface area contributed by atoms with Crippen molar-refractivity contribution in [2.24, 2.45) is 0 Å². The maximum Gasteiger partial charge on any atom is 0.337 e. The molecular formula is C14H18N2O4S. The van der Waals surface area contributed by atoms with Crippen LogP contribution in [0.3, 0.4) is 0 Å². The molecule has 0 aliphatic carbocycles. The summed E-state index contributed by atoms with van der Waals surface area (Å²) >= 11 is 1.81.